The molecule has 0 amide bonds. The normalized spacial score (nSPS) is 18.3. The molecule has 2 aromatic rings. The molecular weight excluding hydrogens is 256 g/mol. The van der Waals surface area contributed by atoms with Crippen molar-refractivity contribution in [1.82, 2.24) is 9.88 Å². The SMILES string of the molecule is CNC1CCCCc2cn(Cc3cc(C)cc(C)c3)cc21. The number of aryl methyl sites for hydroxylation is 3. The van der Waals surface area contributed by atoms with Crippen molar-refractivity contribution in [2.75, 3.05) is 7.05 Å². The molecule has 0 spiro atoms. The molecule has 1 heterocycles. The summed E-state index contributed by atoms with van der Waals surface area (Å²) in [4.78, 5) is 0. The molecule has 1 unspecified atom stereocenters. The second-order valence-corrected chi connectivity index (χ2v) is 6.49. The van der Waals surface area contributed by atoms with Crippen molar-refractivity contribution in [3.05, 3.63) is 58.4 Å². The number of rotatable bonds is 3. The summed E-state index contributed by atoms with van der Waals surface area (Å²) in [6.07, 6.45) is 9.86. The molecule has 1 aromatic carbocycles. The minimum Gasteiger partial charge on any atom is -0.349 e. The zero-order chi connectivity index (χ0) is 14.8. The Labute approximate surface area is 128 Å². The van der Waals surface area contributed by atoms with Gasteiger partial charge in [0.2, 0.25) is 0 Å². The molecular formula is C19H26N2. The average Bonchev–Trinajstić information content (AvgIpc) is 2.71. The van der Waals surface area contributed by atoms with Gasteiger partial charge >= 0.3 is 0 Å². The molecule has 0 fully saturated rings. The number of nitrogens with zero attached hydrogens (tertiary/aromatic N) is 1. The van der Waals surface area contributed by atoms with E-state index in [9.17, 15) is 0 Å². The Morgan fingerprint density at radius 1 is 1.10 bits per heavy atom. The highest BCUT2D eigenvalue weighted by Gasteiger charge is 2.19. The maximum Gasteiger partial charge on any atom is 0.0470 e. The quantitative estimate of drug-likeness (QED) is 0.837. The third-order valence-electron chi connectivity index (χ3n) is 4.56. The van der Waals surface area contributed by atoms with Crippen molar-refractivity contribution in [3.63, 3.8) is 0 Å². The Morgan fingerprint density at radius 3 is 2.57 bits per heavy atom. The fraction of sp³-hybridized carbons (Fsp3) is 0.474. The van der Waals surface area contributed by atoms with Gasteiger partial charge in [0.15, 0.2) is 0 Å². The lowest BCUT2D eigenvalue weighted by molar-refractivity contribution is 0.531. The zero-order valence-electron chi connectivity index (χ0n) is 13.4. The van der Waals surface area contributed by atoms with E-state index in [0.717, 1.165) is 6.54 Å². The highest BCUT2D eigenvalue weighted by molar-refractivity contribution is 5.32. The van der Waals surface area contributed by atoms with Crippen LogP contribution in [0.5, 0.6) is 0 Å². The molecule has 1 aromatic heterocycles. The van der Waals surface area contributed by atoms with E-state index >= 15 is 0 Å². The van der Waals surface area contributed by atoms with Crippen LogP contribution in [0.15, 0.2) is 30.6 Å². The molecule has 1 aliphatic rings. The van der Waals surface area contributed by atoms with Crippen LogP contribution in [-0.4, -0.2) is 11.6 Å². The summed E-state index contributed by atoms with van der Waals surface area (Å²) in [5.74, 6) is 0. The Morgan fingerprint density at radius 2 is 1.86 bits per heavy atom. The monoisotopic (exact) mass is 282 g/mol. The van der Waals surface area contributed by atoms with Crippen LogP contribution in [0.2, 0.25) is 0 Å². The van der Waals surface area contributed by atoms with Gasteiger partial charge < -0.3 is 9.88 Å². The molecule has 21 heavy (non-hydrogen) atoms. The summed E-state index contributed by atoms with van der Waals surface area (Å²) in [5, 5.41) is 3.48. The first-order valence-electron chi connectivity index (χ1n) is 8.08. The van der Waals surface area contributed by atoms with E-state index in [2.05, 4.69) is 61.4 Å². The number of hydrogen-bond donors (Lipinski definition) is 1. The van der Waals surface area contributed by atoms with Gasteiger partial charge in [-0.25, -0.2) is 0 Å². The molecule has 0 saturated carbocycles. The van der Waals surface area contributed by atoms with Gasteiger partial charge in [0.05, 0.1) is 0 Å². The van der Waals surface area contributed by atoms with E-state index < -0.39 is 0 Å². The summed E-state index contributed by atoms with van der Waals surface area (Å²) < 4.78 is 2.37. The predicted octanol–water partition coefficient (Wildman–Crippen LogP) is 4.14. The van der Waals surface area contributed by atoms with Crippen molar-refractivity contribution in [2.45, 2.75) is 52.1 Å². The molecule has 3 rings (SSSR count). The number of aromatic nitrogens is 1. The number of benzene rings is 1. The van der Waals surface area contributed by atoms with Gasteiger partial charge in [-0.2, -0.15) is 0 Å². The Balaban J connectivity index is 1.87. The molecule has 1 atom stereocenters. The van der Waals surface area contributed by atoms with Gasteiger partial charge in [-0.05, 0) is 56.8 Å². The number of fused-ring (bicyclic) bond motifs is 1. The molecule has 112 valence electrons. The van der Waals surface area contributed by atoms with Gasteiger partial charge in [0.25, 0.3) is 0 Å². The van der Waals surface area contributed by atoms with Crippen LogP contribution in [0.25, 0.3) is 0 Å². The van der Waals surface area contributed by atoms with E-state index in [4.69, 9.17) is 0 Å². The van der Waals surface area contributed by atoms with Crippen LogP contribution in [-0.2, 0) is 13.0 Å². The molecule has 0 aliphatic heterocycles. The van der Waals surface area contributed by atoms with Crippen LogP contribution < -0.4 is 5.32 Å². The van der Waals surface area contributed by atoms with E-state index in [-0.39, 0.29) is 0 Å². The molecule has 0 bridgehead atoms. The van der Waals surface area contributed by atoms with E-state index in [0.29, 0.717) is 6.04 Å². The maximum absolute atomic E-state index is 3.48. The molecule has 1 aliphatic carbocycles. The van der Waals surface area contributed by atoms with Crippen molar-refractivity contribution >= 4 is 0 Å². The fourth-order valence-corrected chi connectivity index (χ4v) is 3.68. The Kier molecular flexibility index (Phi) is 4.16. The second kappa shape index (κ2) is 6.07. The molecule has 2 heteroatoms. The topological polar surface area (TPSA) is 17.0 Å². The van der Waals surface area contributed by atoms with E-state index in [1.807, 2.05) is 0 Å². The first-order chi connectivity index (χ1) is 10.2. The van der Waals surface area contributed by atoms with Crippen molar-refractivity contribution in [2.24, 2.45) is 0 Å². The van der Waals surface area contributed by atoms with E-state index in [1.54, 1.807) is 0 Å². The molecule has 2 nitrogen and oxygen atoms in total. The Hall–Kier alpha value is -1.54. The van der Waals surface area contributed by atoms with Crippen molar-refractivity contribution in [3.8, 4) is 0 Å². The van der Waals surface area contributed by atoms with Crippen molar-refractivity contribution in [1.29, 1.82) is 0 Å². The minimum atomic E-state index is 0.531. The molecule has 0 radical (unpaired) electrons. The minimum absolute atomic E-state index is 0.531. The van der Waals surface area contributed by atoms with E-state index in [1.165, 1.54) is 53.5 Å². The smallest absolute Gasteiger partial charge is 0.0470 e. The predicted molar refractivity (Wildman–Crippen MR) is 88.8 cm³/mol. The van der Waals surface area contributed by atoms with Crippen LogP contribution >= 0.6 is 0 Å². The van der Waals surface area contributed by atoms with Gasteiger partial charge in [-0.1, -0.05) is 35.7 Å². The summed E-state index contributed by atoms with van der Waals surface area (Å²) >= 11 is 0. The largest absolute Gasteiger partial charge is 0.349 e. The molecule has 1 N–H and O–H groups in total. The second-order valence-electron chi connectivity index (χ2n) is 6.49. The lowest BCUT2D eigenvalue weighted by Gasteiger charge is -2.13. The Bertz CT molecular complexity index is 604. The van der Waals surface area contributed by atoms with Crippen LogP contribution in [0.3, 0.4) is 0 Å². The van der Waals surface area contributed by atoms with Crippen LogP contribution in [0.1, 0.15) is 53.1 Å². The summed E-state index contributed by atoms with van der Waals surface area (Å²) in [5.41, 5.74) is 7.16. The standard InChI is InChI=1S/C19H26N2/c1-14-8-15(2)10-16(9-14)11-21-12-17-6-4-5-7-19(20-3)18(17)13-21/h8-10,12-13,19-20H,4-7,11H2,1-3H3. The van der Waals surface area contributed by atoms with Gasteiger partial charge in [0.1, 0.15) is 0 Å². The van der Waals surface area contributed by atoms with Crippen LogP contribution in [0.4, 0.5) is 0 Å². The highest BCUT2D eigenvalue weighted by Crippen LogP contribution is 2.29. The van der Waals surface area contributed by atoms with Gasteiger partial charge in [0, 0.05) is 25.0 Å². The third kappa shape index (κ3) is 3.21. The average molecular weight is 282 g/mol. The van der Waals surface area contributed by atoms with Crippen molar-refractivity contribution < 1.29 is 0 Å². The van der Waals surface area contributed by atoms with Gasteiger partial charge in [-0.15, -0.1) is 0 Å². The fourth-order valence-electron chi connectivity index (χ4n) is 3.68. The zero-order valence-corrected chi connectivity index (χ0v) is 13.4. The molecule has 0 saturated heterocycles. The maximum atomic E-state index is 3.48. The summed E-state index contributed by atoms with van der Waals surface area (Å²) in [6, 6.07) is 7.37. The lowest BCUT2D eigenvalue weighted by atomic mass is 10.1. The first-order valence-corrected chi connectivity index (χ1v) is 8.08. The third-order valence-corrected chi connectivity index (χ3v) is 4.56. The summed E-state index contributed by atoms with van der Waals surface area (Å²) in [6.45, 7) is 5.34. The first kappa shape index (κ1) is 14.4. The highest BCUT2D eigenvalue weighted by atomic mass is 15.0. The van der Waals surface area contributed by atoms with Crippen LogP contribution in [0, 0.1) is 13.8 Å². The summed E-state index contributed by atoms with van der Waals surface area (Å²) in [7, 11) is 2.08. The lowest BCUT2D eigenvalue weighted by Crippen LogP contribution is -2.15. The van der Waals surface area contributed by atoms with Gasteiger partial charge in [-0.3, -0.25) is 0 Å². The number of nitrogens with one attached hydrogen (secondary N) is 1. The number of hydrogen-bond acceptors (Lipinski definition) is 1.